The fraction of sp³-hybridized carbons (Fsp3) is 0.143. The van der Waals surface area contributed by atoms with E-state index in [1.165, 1.54) is 12.1 Å². The second-order valence-corrected chi connectivity index (χ2v) is 8.80. The van der Waals surface area contributed by atoms with Crippen LogP contribution >= 0.6 is 0 Å². The summed E-state index contributed by atoms with van der Waals surface area (Å²) >= 11 is 0. The Balaban J connectivity index is 1.65. The van der Waals surface area contributed by atoms with Crippen LogP contribution in [0.4, 0.5) is 24.5 Å². The summed E-state index contributed by atoms with van der Waals surface area (Å²) in [7, 11) is 0. The number of anilines is 2. The first-order valence-electron chi connectivity index (χ1n) is 11.6. The fourth-order valence-electron chi connectivity index (χ4n) is 4.69. The van der Waals surface area contributed by atoms with Gasteiger partial charge in [-0.2, -0.15) is 5.10 Å². The van der Waals surface area contributed by atoms with E-state index in [1.54, 1.807) is 6.07 Å². The van der Waals surface area contributed by atoms with Gasteiger partial charge < -0.3 is 15.6 Å². The van der Waals surface area contributed by atoms with Crippen LogP contribution in [0.3, 0.4) is 0 Å². The smallest absolute Gasteiger partial charge is 0.206 e. The van der Waals surface area contributed by atoms with E-state index in [4.69, 9.17) is 17.6 Å². The number of nitrogens with zero attached hydrogens (tertiary/aromatic N) is 2. The standard InChI is InChI=1S/C28H23F3N6/c1-2-16-6-8-17(9-7-16)15-37-26-14-23(31)25(34-18-10-11-21(29)22(30)12-18)13-20(26)19-4-3-5-24(27(19)37)35-36-28(32)33/h1,6-14,34H,3-5,15H2,(H4,32,33,36)/b35-24+. The van der Waals surface area contributed by atoms with Gasteiger partial charge in [0.05, 0.1) is 22.6 Å². The van der Waals surface area contributed by atoms with Crippen molar-refractivity contribution < 1.29 is 13.2 Å². The maximum Gasteiger partial charge on any atom is 0.206 e. The van der Waals surface area contributed by atoms with E-state index < -0.39 is 17.5 Å². The minimum atomic E-state index is -1.02. The number of aromatic nitrogens is 1. The van der Waals surface area contributed by atoms with Crippen molar-refractivity contribution in [1.82, 2.24) is 9.99 Å². The number of guanidine groups is 1. The van der Waals surface area contributed by atoms with Gasteiger partial charge in [0, 0.05) is 35.3 Å². The molecule has 0 atom stereocenters. The van der Waals surface area contributed by atoms with Crippen LogP contribution in [-0.4, -0.2) is 16.2 Å². The predicted molar refractivity (Wildman–Crippen MR) is 140 cm³/mol. The zero-order valence-corrected chi connectivity index (χ0v) is 19.7. The van der Waals surface area contributed by atoms with Gasteiger partial charge >= 0.3 is 0 Å². The first kappa shape index (κ1) is 24.0. The molecule has 0 saturated carbocycles. The normalized spacial score (nSPS) is 13.8. The highest BCUT2D eigenvalue weighted by Crippen LogP contribution is 2.36. The molecule has 0 aliphatic heterocycles. The first-order chi connectivity index (χ1) is 17.8. The Labute approximate surface area is 211 Å². The number of nitrogens with one attached hydrogen (secondary N) is 3. The van der Waals surface area contributed by atoms with E-state index in [0.29, 0.717) is 24.2 Å². The van der Waals surface area contributed by atoms with Gasteiger partial charge in [-0.3, -0.25) is 5.41 Å². The molecular formula is C28H23F3N6. The van der Waals surface area contributed by atoms with Crippen LogP contribution in [0.5, 0.6) is 0 Å². The molecule has 9 heteroatoms. The first-order valence-corrected chi connectivity index (χ1v) is 11.6. The van der Waals surface area contributed by atoms with E-state index in [1.807, 2.05) is 28.8 Å². The molecule has 37 heavy (non-hydrogen) atoms. The van der Waals surface area contributed by atoms with Crippen molar-refractivity contribution in [3.8, 4) is 12.3 Å². The van der Waals surface area contributed by atoms with Gasteiger partial charge in [0.1, 0.15) is 5.82 Å². The Morgan fingerprint density at radius 1 is 1.03 bits per heavy atom. The third-order valence-corrected chi connectivity index (χ3v) is 6.34. The third kappa shape index (κ3) is 4.74. The van der Waals surface area contributed by atoms with Crippen LogP contribution in [0.1, 0.15) is 35.2 Å². The summed E-state index contributed by atoms with van der Waals surface area (Å²) in [6.45, 7) is 0.436. The Hall–Kier alpha value is -4.71. The molecule has 186 valence electrons. The lowest BCUT2D eigenvalue weighted by Crippen LogP contribution is -2.28. The zero-order valence-electron chi connectivity index (χ0n) is 19.7. The number of terminal acetylenes is 1. The van der Waals surface area contributed by atoms with E-state index >= 15 is 4.39 Å². The van der Waals surface area contributed by atoms with Gasteiger partial charge in [0.15, 0.2) is 11.6 Å². The van der Waals surface area contributed by atoms with Crippen LogP contribution in [0.25, 0.3) is 10.9 Å². The molecule has 1 heterocycles. The molecule has 4 aromatic rings. The van der Waals surface area contributed by atoms with Crippen molar-refractivity contribution >= 4 is 33.9 Å². The van der Waals surface area contributed by atoms with Crippen molar-refractivity contribution in [1.29, 1.82) is 5.41 Å². The molecule has 6 nitrogen and oxygen atoms in total. The molecule has 1 aromatic heterocycles. The summed E-state index contributed by atoms with van der Waals surface area (Å²) < 4.78 is 44.5. The largest absolute Gasteiger partial charge is 0.369 e. The van der Waals surface area contributed by atoms with Crippen LogP contribution in [-0.2, 0) is 13.0 Å². The quantitative estimate of drug-likeness (QED) is 0.129. The van der Waals surface area contributed by atoms with Crippen molar-refractivity contribution in [3.05, 3.63) is 94.4 Å². The van der Waals surface area contributed by atoms with Gasteiger partial charge in [-0.25, -0.2) is 18.6 Å². The van der Waals surface area contributed by atoms with Gasteiger partial charge in [-0.1, -0.05) is 18.1 Å². The van der Waals surface area contributed by atoms with Gasteiger partial charge in [-0.05, 0) is 60.7 Å². The number of hydrogen-bond acceptors (Lipinski definition) is 3. The maximum atomic E-state index is 15.4. The molecule has 0 spiro atoms. The number of halogens is 3. The molecule has 5 N–H and O–H groups in total. The van der Waals surface area contributed by atoms with Gasteiger partial charge in [0.25, 0.3) is 0 Å². The summed E-state index contributed by atoms with van der Waals surface area (Å²) in [4.78, 5) is 0. The van der Waals surface area contributed by atoms with Crippen LogP contribution in [0, 0.1) is 35.2 Å². The maximum absolute atomic E-state index is 15.4. The SMILES string of the molecule is C#Cc1ccc(Cn2c3c(c4cc(Nc5ccc(F)c(F)c5)c(F)cc42)CCC/C3=N\NC(=N)N)cc1. The summed E-state index contributed by atoms with van der Waals surface area (Å²) in [6.07, 6.45) is 7.69. The van der Waals surface area contributed by atoms with Crippen LogP contribution in [0.2, 0.25) is 0 Å². The number of aryl methyl sites for hydroxylation is 1. The summed E-state index contributed by atoms with van der Waals surface area (Å²) in [5, 5.41) is 15.5. The fourth-order valence-corrected chi connectivity index (χ4v) is 4.69. The van der Waals surface area contributed by atoms with Crippen molar-refractivity contribution in [3.63, 3.8) is 0 Å². The van der Waals surface area contributed by atoms with E-state index in [-0.39, 0.29) is 17.3 Å². The molecule has 0 unspecified atom stereocenters. The zero-order chi connectivity index (χ0) is 26.1. The van der Waals surface area contributed by atoms with Crippen molar-refractivity contribution in [2.75, 3.05) is 5.32 Å². The van der Waals surface area contributed by atoms with Crippen LogP contribution < -0.4 is 16.5 Å². The minimum absolute atomic E-state index is 0.141. The lowest BCUT2D eigenvalue weighted by atomic mass is 9.93. The number of fused-ring (bicyclic) bond motifs is 3. The second kappa shape index (κ2) is 9.74. The highest BCUT2D eigenvalue weighted by Gasteiger charge is 2.26. The molecule has 0 fully saturated rings. The van der Waals surface area contributed by atoms with Gasteiger partial charge in [-0.15, -0.1) is 6.42 Å². The average Bonchev–Trinajstić information content (AvgIpc) is 3.18. The molecule has 1 aliphatic rings. The number of hydrazone groups is 1. The molecule has 5 rings (SSSR count). The Kier molecular flexibility index (Phi) is 6.32. The Morgan fingerprint density at radius 2 is 1.81 bits per heavy atom. The molecule has 0 saturated heterocycles. The molecule has 0 radical (unpaired) electrons. The lowest BCUT2D eigenvalue weighted by Gasteiger charge is -2.18. The second-order valence-electron chi connectivity index (χ2n) is 8.80. The summed E-state index contributed by atoms with van der Waals surface area (Å²) in [5.41, 5.74) is 13.3. The van der Waals surface area contributed by atoms with Gasteiger partial charge in [0.2, 0.25) is 5.96 Å². The number of benzene rings is 3. The highest BCUT2D eigenvalue weighted by atomic mass is 19.2. The molecule has 0 amide bonds. The molecular weight excluding hydrogens is 477 g/mol. The molecule has 3 aromatic carbocycles. The van der Waals surface area contributed by atoms with E-state index in [9.17, 15) is 8.78 Å². The number of hydrogen-bond donors (Lipinski definition) is 4. The summed E-state index contributed by atoms with van der Waals surface area (Å²) in [6, 6.07) is 14.0. The predicted octanol–water partition coefficient (Wildman–Crippen LogP) is 5.36. The topological polar surface area (TPSA) is 91.2 Å². The monoisotopic (exact) mass is 500 g/mol. The Bertz CT molecular complexity index is 1600. The van der Waals surface area contributed by atoms with E-state index in [0.717, 1.165) is 52.7 Å². The minimum Gasteiger partial charge on any atom is -0.369 e. The number of rotatable bonds is 5. The number of nitrogens with two attached hydrogens (primary N) is 1. The van der Waals surface area contributed by atoms with E-state index in [2.05, 4.69) is 21.8 Å². The highest BCUT2D eigenvalue weighted by molar-refractivity contribution is 6.08. The lowest BCUT2D eigenvalue weighted by molar-refractivity contribution is 0.509. The Morgan fingerprint density at radius 3 is 2.51 bits per heavy atom. The van der Waals surface area contributed by atoms with Crippen LogP contribution in [0.15, 0.2) is 59.7 Å². The van der Waals surface area contributed by atoms with Crippen molar-refractivity contribution in [2.24, 2.45) is 10.8 Å². The summed E-state index contributed by atoms with van der Waals surface area (Å²) in [5.74, 6) is -0.227. The van der Waals surface area contributed by atoms with Crippen molar-refractivity contribution in [2.45, 2.75) is 25.8 Å². The third-order valence-electron chi connectivity index (χ3n) is 6.34. The molecule has 1 aliphatic carbocycles. The molecule has 0 bridgehead atoms. The average molecular weight is 501 g/mol.